The number of nitrogens with one attached hydrogen (secondary N) is 1. The number of rotatable bonds is 3. The zero-order chi connectivity index (χ0) is 14.9. The first-order chi connectivity index (χ1) is 9.29. The smallest absolute Gasteiger partial charge is 0.225 e. The van der Waals surface area contributed by atoms with Crippen molar-refractivity contribution in [2.24, 2.45) is 17.3 Å². The van der Waals surface area contributed by atoms with Crippen molar-refractivity contribution in [3.05, 3.63) is 0 Å². The van der Waals surface area contributed by atoms with Gasteiger partial charge in [-0.2, -0.15) is 0 Å². The van der Waals surface area contributed by atoms with Gasteiger partial charge in [-0.05, 0) is 18.8 Å². The van der Waals surface area contributed by atoms with Crippen LogP contribution in [0.15, 0.2) is 0 Å². The number of carbonyl (C=O) groups is 2. The lowest BCUT2D eigenvalue weighted by Gasteiger charge is -2.20. The van der Waals surface area contributed by atoms with Crippen LogP contribution in [0.25, 0.3) is 0 Å². The molecule has 0 aromatic carbocycles. The molecule has 0 aromatic rings. The Morgan fingerprint density at radius 3 is 2.55 bits per heavy atom. The van der Waals surface area contributed by atoms with Crippen molar-refractivity contribution in [3.63, 3.8) is 0 Å². The van der Waals surface area contributed by atoms with Crippen molar-refractivity contribution in [1.29, 1.82) is 0 Å². The van der Waals surface area contributed by atoms with E-state index < -0.39 is 5.41 Å². The molecule has 2 fully saturated rings. The van der Waals surface area contributed by atoms with E-state index >= 15 is 0 Å². The van der Waals surface area contributed by atoms with E-state index in [4.69, 9.17) is 0 Å². The van der Waals surface area contributed by atoms with Crippen LogP contribution in [0.3, 0.4) is 0 Å². The van der Waals surface area contributed by atoms with Gasteiger partial charge in [-0.1, -0.05) is 20.8 Å². The quantitative estimate of drug-likeness (QED) is 0.803. The van der Waals surface area contributed by atoms with Crippen LogP contribution in [0.5, 0.6) is 0 Å². The largest absolute Gasteiger partial charge is 0.393 e. The number of aliphatic hydroxyl groups excluding tert-OH is 1. The lowest BCUT2D eigenvalue weighted by atomic mass is 9.96. The van der Waals surface area contributed by atoms with E-state index in [0.717, 1.165) is 19.4 Å². The first-order valence-electron chi connectivity index (χ1n) is 7.53. The van der Waals surface area contributed by atoms with Gasteiger partial charge in [0.1, 0.15) is 0 Å². The van der Waals surface area contributed by atoms with E-state index in [2.05, 4.69) is 5.32 Å². The molecule has 3 atom stereocenters. The molecule has 1 aliphatic heterocycles. The van der Waals surface area contributed by atoms with Gasteiger partial charge in [-0.25, -0.2) is 0 Å². The Hall–Kier alpha value is -1.10. The number of likely N-dealkylation sites (tertiary alicyclic amines) is 1. The number of aliphatic hydroxyl groups is 1. The van der Waals surface area contributed by atoms with Crippen LogP contribution < -0.4 is 5.32 Å². The van der Waals surface area contributed by atoms with Gasteiger partial charge in [0.15, 0.2) is 0 Å². The van der Waals surface area contributed by atoms with Crippen LogP contribution in [0.4, 0.5) is 0 Å². The molecule has 5 heteroatoms. The fourth-order valence-electron chi connectivity index (χ4n) is 3.15. The highest BCUT2D eigenvalue weighted by atomic mass is 16.3. The van der Waals surface area contributed by atoms with E-state index in [1.54, 1.807) is 0 Å². The number of nitrogens with zero attached hydrogens (tertiary/aromatic N) is 1. The van der Waals surface area contributed by atoms with Crippen LogP contribution in [0.2, 0.25) is 0 Å². The molecule has 0 bridgehead atoms. The Morgan fingerprint density at radius 2 is 1.95 bits per heavy atom. The topological polar surface area (TPSA) is 69.6 Å². The summed E-state index contributed by atoms with van der Waals surface area (Å²) in [6.45, 7) is 7.41. The summed E-state index contributed by atoms with van der Waals surface area (Å²) < 4.78 is 0. The Morgan fingerprint density at radius 1 is 1.25 bits per heavy atom. The normalized spacial score (nSPS) is 29.4. The number of hydrogen-bond donors (Lipinski definition) is 2. The third kappa shape index (κ3) is 3.32. The van der Waals surface area contributed by atoms with Crippen LogP contribution in [0, 0.1) is 17.3 Å². The Labute approximate surface area is 120 Å². The van der Waals surface area contributed by atoms with Crippen LogP contribution >= 0.6 is 0 Å². The Kier molecular flexibility index (Phi) is 4.37. The SMILES string of the molecule is CC(C)(C)C(=O)NCCC(=O)N1CC2CCC(O)C2C1. The second kappa shape index (κ2) is 5.72. The van der Waals surface area contributed by atoms with Gasteiger partial charge in [0, 0.05) is 37.4 Å². The number of fused-ring (bicyclic) bond motifs is 1. The van der Waals surface area contributed by atoms with Crippen molar-refractivity contribution in [2.45, 2.75) is 46.1 Å². The van der Waals surface area contributed by atoms with E-state index in [9.17, 15) is 14.7 Å². The molecule has 2 aliphatic rings. The molecular formula is C15H26N2O3. The molecule has 1 aliphatic carbocycles. The zero-order valence-electron chi connectivity index (χ0n) is 12.7. The summed E-state index contributed by atoms with van der Waals surface area (Å²) in [5, 5.41) is 12.6. The molecule has 0 spiro atoms. The molecule has 1 saturated carbocycles. The van der Waals surface area contributed by atoms with Gasteiger partial charge >= 0.3 is 0 Å². The number of hydrogen-bond acceptors (Lipinski definition) is 3. The van der Waals surface area contributed by atoms with Crippen LogP contribution in [-0.4, -0.2) is 47.6 Å². The highest BCUT2D eigenvalue weighted by Crippen LogP contribution is 2.38. The maximum absolute atomic E-state index is 12.1. The minimum Gasteiger partial charge on any atom is -0.393 e. The predicted molar refractivity (Wildman–Crippen MR) is 75.9 cm³/mol. The van der Waals surface area contributed by atoms with Crippen LogP contribution in [0.1, 0.15) is 40.0 Å². The number of amides is 2. The second-order valence-electron chi connectivity index (χ2n) is 7.12. The highest BCUT2D eigenvalue weighted by Gasteiger charge is 2.43. The van der Waals surface area contributed by atoms with Gasteiger partial charge in [-0.15, -0.1) is 0 Å². The van der Waals surface area contributed by atoms with E-state index in [-0.39, 0.29) is 23.8 Å². The molecule has 1 saturated heterocycles. The molecule has 3 unspecified atom stereocenters. The summed E-state index contributed by atoms with van der Waals surface area (Å²) in [5.41, 5.74) is -0.419. The molecule has 2 amide bonds. The molecule has 0 radical (unpaired) electrons. The van der Waals surface area contributed by atoms with Gasteiger partial charge in [0.25, 0.3) is 0 Å². The minimum atomic E-state index is -0.419. The molecule has 114 valence electrons. The first kappa shape index (κ1) is 15.3. The summed E-state index contributed by atoms with van der Waals surface area (Å²) in [5.74, 6) is 0.793. The molecule has 20 heavy (non-hydrogen) atoms. The second-order valence-corrected chi connectivity index (χ2v) is 7.12. The molecule has 0 aromatic heterocycles. The fraction of sp³-hybridized carbons (Fsp3) is 0.867. The lowest BCUT2D eigenvalue weighted by molar-refractivity contribution is -0.131. The third-order valence-electron chi connectivity index (χ3n) is 4.48. The third-order valence-corrected chi connectivity index (χ3v) is 4.48. The molecule has 5 nitrogen and oxygen atoms in total. The lowest BCUT2D eigenvalue weighted by Crippen LogP contribution is -2.38. The molecule has 2 rings (SSSR count). The molecular weight excluding hydrogens is 256 g/mol. The standard InChI is InChI=1S/C15H26N2O3/c1-15(2,3)14(20)16-7-6-13(19)17-8-10-4-5-12(18)11(10)9-17/h10-12,18H,4-9H2,1-3H3,(H,16,20). The van der Waals surface area contributed by atoms with Crippen molar-refractivity contribution >= 4 is 11.8 Å². The van der Waals surface area contributed by atoms with Crippen molar-refractivity contribution in [1.82, 2.24) is 10.2 Å². The first-order valence-corrected chi connectivity index (χ1v) is 7.53. The summed E-state index contributed by atoms with van der Waals surface area (Å²) in [4.78, 5) is 25.7. The minimum absolute atomic E-state index is 0.0287. The summed E-state index contributed by atoms with van der Waals surface area (Å²) in [6, 6.07) is 0. The Balaban J connectivity index is 1.73. The summed E-state index contributed by atoms with van der Waals surface area (Å²) >= 11 is 0. The highest BCUT2D eigenvalue weighted by molar-refractivity contribution is 5.82. The van der Waals surface area contributed by atoms with E-state index in [1.807, 2.05) is 25.7 Å². The van der Waals surface area contributed by atoms with Gasteiger partial charge in [-0.3, -0.25) is 9.59 Å². The molecule has 1 heterocycles. The van der Waals surface area contributed by atoms with E-state index in [0.29, 0.717) is 25.4 Å². The monoisotopic (exact) mass is 282 g/mol. The summed E-state index contributed by atoms with van der Waals surface area (Å²) in [6.07, 6.45) is 2.01. The van der Waals surface area contributed by atoms with Crippen molar-refractivity contribution in [2.75, 3.05) is 19.6 Å². The van der Waals surface area contributed by atoms with Crippen molar-refractivity contribution in [3.8, 4) is 0 Å². The fourth-order valence-corrected chi connectivity index (χ4v) is 3.15. The molecule has 2 N–H and O–H groups in total. The van der Waals surface area contributed by atoms with Gasteiger partial charge < -0.3 is 15.3 Å². The summed E-state index contributed by atoms with van der Waals surface area (Å²) in [7, 11) is 0. The average molecular weight is 282 g/mol. The van der Waals surface area contributed by atoms with Crippen LogP contribution in [-0.2, 0) is 9.59 Å². The van der Waals surface area contributed by atoms with Gasteiger partial charge in [0.2, 0.25) is 11.8 Å². The van der Waals surface area contributed by atoms with Crippen molar-refractivity contribution < 1.29 is 14.7 Å². The average Bonchev–Trinajstić information content (AvgIpc) is 2.90. The van der Waals surface area contributed by atoms with E-state index in [1.165, 1.54) is 0 Å². The maximum atomic E-state index is 12.1. The zero-order valence-corrected chi connectivity index (χ0v) is 12.7. The number of carbonyl (C=O) groups excluding carboxylic acids is 2. The predicted octanol–water partition coefficient (Wildman–Crippen LogP) is 0.768. The van der Waals surface area contributed by atoms with Gasteiger partial charge in [0.05, 0.1) is 6.10 Å². The Bertz CT molecular complexity index is 389. The maximum Gasteiger partial charge on any atom is 0.225 e.